The van der Waals surface area contributed by atoms with E-state index in [0.717, 1.165) is 12.8 Å². The minimum Gasteiger partial charge on any atom is -0.846 e. The Labute approximate surface area is 217 Å². The fourth-order valence-electron chi connectivity index (χ4n) is 2.42. The molecule has 0 spiro atoms. The van der Waals surface area contributed by atoms with E-state index in [0.29, 0.717) is 6.42 Å². The van der Waals surface area contributed by atoms with E-state index in [1.54, 1.807) is 6.92 Å². The maximum atomic E-state index is 11.9. The minimum atomic E-state index is -1.56. The quantitative estimate of drug-likeness (QED) is 0.309. The molecular weight excluding hydrogens is 417 g/mol. The number of rotatable bonds is 6. The topological polar surface area (TPSA) is 159 Å². The SMILES string of the molecule is CCCC(C)C1(CC)C(=O)N=C([O-])NC1=O.O=C([O-])CC(=O)O.[Na+].[Rb+]. The second-order valence-electron chi connectivity index (χ2n) is 5.13. The Morgan fingerprint density at radius 1 is 1.32 bits per heavy atom. The molecule has 0 saturated carbocycles. The van der Waals surface area contributed by atoms with E-state index >= 15 is 0 Å². The van der Waals surface area contributed by atoms with Gasteiger partial charge in [0.15, 0.2) is 0 Å². The number of nitrogens with one attached hydrogen (secondary N) is 1. The molecule has 2 N–H and O–H groups in total. The van der Waals surface area contributed by atoms with E-state index < -0.39 is 41.6 Å². The molecule has 1 aliphatic rings. The zero-order valence-corrected chi connectivity index (χ0v) is 22.2. The molecule has 2 amide bonds. The molecule has 1 rings (SSSR count). The van der Waals surface area contributed by atoms with Crippen LogP contribution in [0.2, 0.25) is 0 Å². The first kappa shape index (κ1) is 30.1. The molecule has 9 nitrogen and oxygen atoms in total. The summed E-state index contributed by atoms with van der Waals surface area (Å²) in [6.45, 7) is 5.62. The van der Waals surface area contributed by atoms with Crippen molar-refractivity contribution in [2.45, 2.75) is 46.5 Å². The summed E-state index contributed by atoms with van der Waals surface area (Å²) < 4.78 is 0. The number of carboxylic acids is 2. The molecule has 0 aromatic carbocycles. The number of carbonyl (C=O) groups is 4. The van der Waals surface area contributed by atoms with Gasteiger partial charge < -0.3 is 25.4 Å². The van der Waals surface area contributed by atoms with E-state index in [4.69, 9.17) is 5.11 Å². The number of amides is 2. The molecule has 11 heteroatoms. The average molecular weight is 437 g/mol. The number of aliphatic carboxylic acids is 2. The maximum absolute atomic E-state index is 11.9. The molecule has 2 atom stereocenters. The van der Waals surface area contributed by atoms with Crippen LogP contribution in [-0.4, -0.2) is 34.9 Å². The van der Waals surface area contributed by atoms with Crippen LogP contribution in [0.4, 0.5) is 0 Å². The van der Waals surface area contributed by atoms with Gasteiger partial charge in [-0.25, -0.2) is 4.99 Å². The fraction of sp³-hybridized carbons (Fsp3) is 0.643. The van der Waals surface area contributed by atoms with Crippen LogP contribution < -0.4 is 103 Å². The minimum absolute atomic E-state index is 0. The van der Waals surface area contributed by atoms with Gasteiger partial charge in [-0.1, -0.05) is 27.2 Å². The average Bonchev–Trinajstić information content (AvgIpc) is 2.38. The van der Waals surface area contributed by atoms with Gasteiger partial charge in [0.25, 0.3) is 5.91 Å². The smallest absolute Gasteiger partial charge is 0.846 e. The van der Waals surface area contributed by atoms with Crippen molar-refractivity contribution in [3.63, 3.8) is 0 Å². The third-order valence-electron chi connectivity index (χ3n) is 3.63. The molecule has 1 aliphatic heterocycles. The van der Waals surface area contributed by atoms with Gasteiger partial charge in [-0.05, 0) is 18.8 Å². The molecule has 0 aliphatic carbocycles. The van der Waals surface area contributed by atoms with Gasteiger partial charge in [0, 0.05) is 0 Å². The van der Waals surface area contributed by atoms with Crippen molar-refractivity contribution < 1.29 is 122 Å². The number of carboxylic acid groups (broad SMARTS) is 2. The summed E-state index contributed by atoms with van der Waals surface area (Å²) in [6, 6.07) is -0.845. The standard InChI is InChI=1S/C11H18N2O3.C3H4O4.Na.Rb/c1-4-6-7(3)11(5-2)8(14)12-10(16)13-9(11)15;4-2(5)1-3(6)7;;/h7H,4-6H2,1-3H3,(H2,12,13,14,15,16);1H2,(H,4,5)(H,6,7);;/q;;2*+1/p-2. The molecule has 0 bridgehead atoms. The maximum Gasteiger partial charge on any atom is 1.00 e. The molecule has 25 heavy (non-hydrogen) atoms. The van der Waals surface area contributed by atoms with Crippen LogP contribution in [0, 0.1) is 11.3 Å². The Kier molecular flexibility index (Phi) is 17.4. The van der Waals surface area contributed by atoms with E-state index in [-0.39, 0.29) is 93.7 Å². The molecule has 0 radical (unpaired) electrons. The summed E-state index contributed by atoms with van der Waals surface area (Å²) in [4.78, 5) is 45.8. The van der Waals surface area contributed by atoms with Crippen LogP contribution in [-0.2, 0) is 19.2 Å². The zero-order valence-electron chi connectivity index (χ0n) is 15.2. The zero-order chi connectivity index (χ0) is 18.2. The van der Waals surface area contributed by atoms with Gasteiger partial charge >= 0.3 is 93.7 Å². The van der Waals surface area contributed by atoms with Crippen LogP contribution in [0.5, 0.6) is 0 Å². The largest absolute Gasteiger partial charge is 1.00 e. The van der Waals surface area contributed by atoms with Gasteiger partial charge in [0.05, 0.1) is 18.4 Å². The normalized spacial score (nSPS) is 19.7. The Bertz CT molecular complexity index is 515. The van der Waals surface area contributed by atoms with Gasteiger partial charge in [-0.15, -0.1) is 0 Å². The Hall–Kier alpha value is 0.355. The first-order valence-corrected chi connectivity index (χ1v) is 7.14. The molecule has 130 valence electrons. The number of hydrogen-bond donors (Lipinski definition) is 2. The van der Waals surface area contributed by atoms with E-state index in [1.165, 1.54) is 0 Å². The van der Waals surface area contributed by atoms with Crippen molar-refractivity contribution in [3.8, 4) is 0 Å². The molecule has 2 unspecified atom stereocenters. The Morgan fingerprint density at radius 2 is 1.84 bits per heavy atom. The van der Waals surface area contributed by atoms with Gasteiger partial charge in [0.1, 0.15) is 5.41 Å². The number of nitrogens with zero attached hydrogens (tertiary/aromatic N) is 1. The Morgan fingerprint density at radius 3 is 2.12 bits per heavy atom. The van der Waals surface area contributed by atoms with Crippen molar-refractivity contribution in [1.29, 1.82) is 0 Å². The third kappa shape index (κ3) is 9.21. The predicted molar refractivity (Wildman–Crippen MR) is 74.6 cm³/mol. The van der Waals surface area contributed by atoms with Crippen molar-refractivity contribution in [2.75, 3.05) is 0 Å². The van der Waals surface area contributed by atoms with E-state index in [9.17, 15) is 29.4 Å². The van der Waals surface area contributed by atoms with Crippen molar-refractivity contribution in [2.24, 2.45) is 16.3 Å². The molecule has 1 heterocycles. The van der Waals surface area contributed by atoms with Crippen LogP contribution in [0.25, 0.3) is 0 Å². The van der Waals surface area contributed by atoms with Crippen LogP contribution >= 0.6 is 0 Å². The van der Waals surface area contributed by atoms with Gasteiger partial charge in [0.2, 0.25) is 5.91 Å². The number of carbonyl (C=O) groups excluding carboxylic acids is 3. The first-order chi connectivity index (χ1) is 10.6. The van der Waals surface area contributed by atoms with Gasteiger partial charge in [-0.2, -0.15) is 0 Å². The van der Waals surface area contributed by atoms with Crippen molar-refractivity contribution >= 4 is 29.8 Å². The molecule has 0 fully saturated rings. The summed E-state index contributed by atoms with van der Waals surface area (Å²) in [5.41, 5.74) is -1.15. The predicted octanol–water partition coefficient (Wildman–Crippen LogP) is -7.59. The Balaban J connectivity index is -0.000000464. The number of aliphatic imine (C=N–C) groups is 1. The number of hydrogen-bond acceptors (Lipinski definition) is 6. The van der Waals surface area contributed by atoms with E-state index in [1.807, 2.05) is 13.8 Å². The first-order valence-electron chi connectivity index (χ1n) is 7.14. The summed E-state index contributed by atoms with van der Waals surface area (Å²) in [5.74, 6) is -4.13. The molecule has 0 saturated heterocycles. The summed E-state index contributed by atoms with van der Waals surface area (Å²) in [5, 5.41) is 30.1. The second kappa shape index (κ2) is 14.4. The molecular formula is C14H20N2NaO7Rb. The van der Waals surface area contributed by atoms with Crippen molar-refractivity contribution in [3.05, 3.63) is 0 Å². The molecule has 0 aromatic rings. The summed E-state index contributed by atoms with van der Waals surface area (Å²) >= 11 is 0. The van der Waals surface area contributed by atoms with Crippen LogP contribution in [0.1, 0.15) is 46.5 Å². The second-order valence-corrected chi connectivity index (χ2v) is 5.13. The molecule has 0 aromatic heterocycles. The fourth-order valence-corrected chi connectivity index (χ4v) is 2.42. The number of amidine groups is 1. The van der Waals surface area contributed by atoms with E-state index in [2.05, 4.69) is 10.3 Å². The van der Waals surface area contributed by atoms with Gasteiger partial charge in [-0.3, -0.25) is 14.4 Å². The van der Waals surface area contributed by atoms with Crippen LogP contribution in [0.3, 0.4) is 0 Å². The summed E-state index contributed by atoms with van der Waals surface area (Å²) in [6.07, 6.45) is 1.10. The monoisotopic (exact) mass is 436 g/mol. The van der Waals surface area contributed by atoms with Crippen molar-refractivity contribution in [1.82, 2.24) is 5.32 Å². The van der Waals surface area contributed by atoms with Crippen LogP contribution in [0.15, 0.2) is 4.99 Å². The third-order valence-corrected chi connectivity index (χ3v) is 3.63. The summed E-state index contributed by atoms with van der Waals surface area (Å²) in [7, 11) is 0.